The Kier molecular flexibility index (Phi) is 4.11. The van der Waals surface area contributed by atoms with Crippen LogP contribution in [0.15, 0.2) is 152 Å². The molecule has 0 fully saturated rings. The molecule has 4 heteroatoms. The maximum absolute atomic E-state index is 4.95. The summed E-state index contributed by atoms with van der Waals surface area (Å²) in [4.78, 5) is 19.1. The fraction of sp³-hybridized carbons (Fsp3) is 0. The summed E-state index contributed by atoms with van der Waals surface area (Å²) in [5, 5.41) is 2.43. The van der Waals surface area contributed by atoms with Gasteiger partial charge in [0.05, 0.1) is 45.6 Å². The molecule has 0 saturated carbocycles. The molecule has 34 heavy (non-hydrogen) atoms. The third-order valence-electron chi connectivity index (χ3n) is 6.10. The molecule has 0 N–H and O–H groups in total. The Bertz CT molecular complexity index is 1670. The van der Waals surface area contributed by atoms with Gasteiger partial charge in [0.25, 0.3) is 0 Å². The van der Waals surface area contributed by atoms with E-state index in [1.54, 1.807) is 0 Å². The third kappa shape index (κ3) is 3.42. The van der Waals surface area contributed by atoms with Crippen LogP contribution in [0.5, 0.6) is 0 Å². The Balaban J connectivity index is 1.38. The average Bonchev–Trinajstić information content (AvgIpc) is 3.64. The molecule has 0 radical (unpaired) electrons. The summed E-state index contributed by atoms with van der Waals surface area (Å²) in [6.45, 7) is 0. The van der Waals surface area contributed by atoms with Crippen molar-refractivity contribution in [1.29, 1.82) is 0 Å². The molecule has 5 aliphatic heterocycles. The number of benzene rings is 2. The van der Waals surface area contributed by atoms with Crippen molar-refractivity contribution in [1.82, 2.24) is 0 Å². The van der Waals surface area contributed by atoms with Gasteiger partial charge < -0.3 is 0 Å². The molecule has 0 unspecified atom stereocenters. The summed E-state index contributed by atoms with van der Waals surface area (Å²) in [5.41, 5.74) is 9.24. The number of hydrogen-bond acceptors (Lipinski definition) is 4. The van der Waals surface area contributed by atoms with Crippen molar-refractivity contribution in [2.24, 2.45) is 20.0 Å². The number of hydrogen-bond donors (Lipinski definition) is 0. The van der Waals surface area contributed by atoms with Gasteiger partial charge in [0.2, 0.25) is 0 Å². The first-order valence-electron chi connectivity index (χ1n) is 11.2. The van der Waals surface area contributed by atoms with E-state index in [1.807, 2.05) is 60.8 Å². The van der Waals surface area contributed by atoms with E-state index in [1.165, 1.54) is 10.8 Å². The molecular formula is C30H18N4. The van der Waals surface area contributed by atoms with E-state index in [0.29, 0.717) is 0 Å². The van der Waals surface area contributed by atoms with Crippen molar-refractivity contribution in [2.75, 3.05) is 0 Å². The van der Waals surface area contributed by atoms with Gasteiger partial charge >= 0.3 is 0 Å². The number of allylic oxidation sites excluding steroid dienone is 12. The fourth-order valence-corrected chi connectivity index (χ4v) is 4.49. The second kappa shape index (κ2) is 7.42. The van der Waals surface area contributed by atoms with E-state index in [-0.39, 0.29) is 0 Å². The predicted molar refractivity (Wildman–Crippen MR) is 141 cm³/mol. The highest BCUT2D eigenvalue weighted by molar-refractivity contribution is 6.19. The Morgan fingerprint density at radius 2 is 1.03 bits per heavy atom. The summed E-state index contributed by atoms with van der Waals surface area (Å²) in [6.07, 6.45) is 22.2. The Morgan fingerprint density at radius 3 is 1.71 bits per heavy atom. The first-order chi connectivity index (χ1) is 16.7. The van der Waals surface area contributed by atoms with E-state index in [0.717, 1.165) is 56.8 Å². The maximum atomic E-state index is 4.95. The van der Waals surface area contributed by atoms with E-state index in [2.05, 4.69) is 53.5 Å². The van der Waals surface area contributed by atoms with Crippen LogP contribution >= 0.6 is 0 Å². The van der Waals surface area contributed by atoms with Gasteiger partial charge in [-0.3, -0.25) is 0 Å². The topological polar surface area (TPSA) is 49.4 Å². The van der Waals surface area contributed by atoms with Crippen molar-refractivity contribution >= 4 is 39.2 Å². The van der Waals surface area contributed by atoms with Gasteiger partial charge in [-0.25, -0.2) is 20.0 Å². The monoisotopic (exact) mass is 434 g/mol. The lowest BCUT2D eigenvalue weighted by atomic mass is 9.99. The molecule has 0 spiro atoms. The smallest absolute Gasteiger partial charge is 0.0737 e. The SMILES string of the molecule is C1=CC2=NC1=CC1=NC(=CC3=NC(=CC4=NC(=C2)C=C4)C(c2ccc4ccccc4c2)=C3)C=C1. The molecule has 8 bridgehead atoms. The van der Waals surface area contributed by atoms with Gasteiger partial charge in [0, 0.05) is 5.57 Å². The van der Waals surface area contributed by atoms with Crippen molar-refractivity contribution in [3.8, 4) is 0 Å². The summed E-state index contributed by atoms with van der Waals surface area (Å²) >= 11 is 0. The van der Waals surface area contributed by atoms with Crippen LogP contribution < -0.4 is 0 Å². The van der Waals surface area contributed by atoms with Gasteiger partial charge in [-0.05, 0) is 89.2 Å². The molecule has 5 aliphatic rings. The molecule has 0 saturated heterocycles. The van der Waals surface area contributed by atoms with Crippen LogP contribution in [0.1, 0.15) is 5.56 Å². The van der Waals surface area contributed by atoms with Crippen LogP contribution in [0.2, 0.25) is 0 Å². The van der Waals surface area contributed by atoms with Gasteiger partial charge in [0.15, 0.2) is 0 Å². The van der Waals surface area contributed by atoms with Crippen LogP contribution in [-0.4, -0.2) is 22.8 Å². The normalized spacial score (nSPS) is 19.8. The highest BCUT2D eigenvalue weighted by atomic mass is 14.8. The third-order valence-corrected chi connectivity index (χ3v) is 6.10. The van der Waals surface area contributed by atoms with E-state index in [9.17, 15) is 0 Å². The fourth-order valence-electron chi connectivity index (χ4n) is 4.49. The summed E-state index contributed by atoms with van der Waals surface area (Å²) in [6, 6.07) is 15.0. The van der Waals surface area contributed by atoms with Crippen LogP contribution in [-0.2, 0) is 0 Å². The summed E-state index contributed by atoms with van der Waals surface area (Å²) in [7, 11) is 0. The number of nitrogens with zero attached hydrogens (tertiary/aromatic N) is 4. The molecule has 4 nitrogen and oxygen atoms in total. The van der Waals surface area contributed by atoms with Gasteiger partial charge in [-0.1, -0.05) is 36.4 Å². The Hall–Kier alpha value is -4.70. The zero-order valence-corrected chi connectivity index (χ0v) is 18.2. The molecule has 0 atom stereocenters. The van der Waals surface area contributed by atoms with Crippen molar-refractivity contribution in [2.45, 2.75) is 0 Å². The maximum Gasteiger partial charge on any atom is 0.0737 e. The minimum absolute atomic E-state index is 0.872. The second-order valence-electron chi connectivity index (χ2n) is 8.50. The molecule has 5 heterocycles. The first kappa shape index (κ1) is 18.8. The molecular weight excluding hydrogens is 416 g/mol. The minimum Gasteiger partial charge on any atom is -0.249 e. The number of aliphatic imine (C=N–C) groups is 4. The van der Waals surface area contributed by atoms with Crippen molar-refractivity contribution in [3.05, 3.63) is 138 Å². The lowest BCUT2D eigenvalue weighted by molar-refractivity contribution is 1.41. The molecule has 158 valence electrons. The molecule has 2 aromatic rings. The zero-order valence-electron chi connectivity index (χ0n) is 18.2. The average molecular weight is 435 g/mol. The predicted octanol–water partition coefficient (Wildman–Crippen LogP) is 6.26. The van der Waals surface area contributed by atoms with Crippen LogP contribution in [0.3, 0.4) is 0 Å². The number of rotatable bonds is 1. The van der Waals surface area contributed by atoms with Gasteiger partial charge in [-0.15, -0.1) is 0 Å². The number of fused-ring (bicyclic) bond motifs is 5. The van der Waals surface area contributed by atoms with Crippen molar-refractivity contribution < 1.29 is 0 Å². The molecule has 0 aromatic heterocycles. The zero-order chi connectivity index (χ0) is 22.5. The molecule has 0 aliphatic carbocycles. The van der Waals surface area contributed by atoms with Crippen LogP contribution in [0.4, 0.5) is 0 Å². The van der Waals surface area contributed by atoms with E-state index >= 15 is 0 Å². The molecule has 0 amide bonds. The molecule has 7 rings (SSSR count). The highest BCUT2D eigenvalue weighted by Crippen LogP contribution is 2.32. The summed E-state index contributed by atoms with van der Waals surface area (Å²) in [5.74, 6) is 0. The molecule has 2 aromatic carbocycles. The summed E-state index contributed by atoms with van der Waals surface area (Å²) < 4.78 is 0. The first-order valence-corrected chi connectivity index (χ1v) is 11.2. The van der Waals surface area contributed by atoms with E-state index in [4.69, 9.17) is 15.0 Å². The Morgan fingerprint density at radius 1 is 0.441 bits per heavy atom. The van der Waals surface area contributed by atoms with Crippen LogP contribution in [0, 0.1) is 0 Å². The Labute approximate surface area is 196 Å². The standard InChI is InChI=1S/C30H18N4/c1-2-4-20-13-21(6-5-19(20)3-1)29-17-28-16-26-10-9-24(32-26)14-22-7-8-23(31-22)15-25-11-12-27(33-25)18-30(29)34-28/h1-18H. The van der Waals surface area contributed by atoms with E-state index < -0.39 is 0 Å². The van der Waals surface area contributed by atoms with Crippen LogP contribution in [0.25, 0.3) is 16.3 Å². The minimum atomic E-state index is 0.872. The van der Waals surface area contributed by atoms with Crippen molar-refractivity contribution in [3.63, 3.8) is 0 Å². The van der Waals surface area contributed by atoms with Gasteiger partial charge in [-0.2, -0.15) is 0 Å². The van der Waals surface area contributed by atoms with Gasteiger partial charge in [0.1, 0.15) is 0 Å². The highest BCUT2D eigenvalue weighted by Gasteiger charge is 2.18. The largest absolute Gasteiger partial charge is 0.249 e. The quantitative estimate of drug-likeness (QED) is 0.509. The second-order valence-corrected chi connectivity index (χ2v) is 8.50. The lowest BCUT2D eigenvalue weighted by Gasteiger charge is -2.06. The lowest BCUT2D eigenvalue weighted by Crippen LogP contribution is -1.91.